The summed E-state index contributed by atoms with van der Waals surface area (Å²) in [5, 5.41) is 3.22. The number of ketones is 1. The number of benzene rings is 2. The summed E-state index contributed by atoms with van der Waals surface area (Å²) < 4.78 is 17.7. The van der Waals surface area contributed by atoms with Gasteiger partial charge in [0, 0.05) is 24.5 Å². The van der Waals surface area contributed by atoms with E-state index in [-0.39, 0.29) is 18.3 Å². The smallest absolute Gasteiger partial charge is 0.220 e. The minimum atomic E-state index is -0.397. The lowest BCUT2D eigenvalue weighted by Crippen LogP contribution is -2.35. The molecule has 1 unspecified atom stereocenters. The number of carbonyl (C=O) groups excluding carboxylic acids is 2. The second kappa shape index (κ2) is 17.6. The lowest BCUT2D eigenvalue weighted by Gasteiger charge is -2.23. The van der Waals surface area contributed by atoms with Gasteiger partial charge in [-0.2, -0.15) is 0 Å². The van der Waals surface area contributed by atoms with Crippen LogP contribution in [-0.4, -0.2) is 64.7 Å². The molecular formula is C33H51N2O5+. The third-order valence-electron chi connectivity index (χ3n) is 7.05. The van der Waals surface area contributed by atoms with Gasteiger partial charge in [-0.25, -0.2) is 0 Å². The number of quaternary nitrogens is 1. The van der Waals surface area contributed by atoms with Crippen LogP contribution in [0.4, 0.5) is 0 Å². The quantitative estimate of drug-likeness (QED) is 0.149. The minimum Gasteiger partial charge on any atom is -0.497 e. The van der Waals surface area contributed by atoms with Crippen molar-refractivity contribution in [2.24, 2.45) is 0 Å². The van der Waals surface area contributed by atoms with E-state index in [9.17, 15) is 9.59 Å². The van der Waals surface area contributed by atoms with Crippen molar-refractivity contribution in [3.05, 3.63) is 53.6 Å². The van der Waals surface area contributed by atoms with Crippen molar-refractivity contribution in [3.8, 4) is 17.2 Å². The molecule has 2 aromatic carbocycles. The number of methoxy groups -OCH3 is 2. The average Bonchev–Trinajstić information content (AvgIpc) is 2.95. The molecule has 1 amide bonds. The Hall–Kier alpha value is -3.06. The number of carbonyl (C=O) groups is 2. The van der Waals surface area contributed by atoms with Crippen molar-refractivity contribution in [2.75, 3.05) is 48.5 Å². The molecule has 0 aliphatic carbocycles. The Bertz CT molecular complexity index is 1030. The van der Waals surface area contributed by atoms with Gasteiger partial charge in [0.15, 0.2) is 5.78 Å². The molecule has 0 aliphatic rings. The van der Waals surface area contributed by atoms with Gasteiger partial charge in [0.05, 0.1) is 47.9 Å². The van der Waals surface area contributed by atoms with Gasteiger partial charge in [0.2, 0.25) is 5.91 Å². The van der Waals surface area contributed by atoms with E-state index >= 15 is 0 Å². The van der Waals surface area contributed by atoms with E-state index in [0.29, 0.717) is 30.1 Å². The van der Waals surface area contributed by atoms with Crippen molar-refractivity contribution in [2.45, 2.75) is 77.2 Å². The normalized spacial score (nSPS) is 12.1. The maximum atomic E-state index is 13.0. The van der Waals surface area contributed by atoms with Gasteiger partial charge < -0.3 is 24.0 Å². The average molecular weight is 556 g/mol. The SMILES string of the molecule is CCC(=O)COc1ccc(C(NC(=O)CCCCCCCCCC[N+](C)(C)C)c2ccc(OC)cc2OC)cc1. The van der Waals surface area contributed by atoms with Crippen LogP contribution in [0.25, 0.3) is 0 Å². The van der Waals surface area contributed by atoms with E-state index in [1.807, 2.05) is 49.4 Å². The molecule has 7 heteroatoms. The first-order chi connectivity index (χ1) is 19.2. The molecule has 0 bridgehead atoms. The first-order valence-electron chi connectivity index (χ1n) is 14.7. The van der Waals surface area contributed by atoms with E-state index in [2.05, 4.69) is 26.5 Å². The van der Waals surface area contributed by atoms with E-state index in [1.54, 1.807) is 14.2 Å². The highest BCUT2D eigenvalue weighted by Crippen LogP contribution is 2.34. The van der Waals surface area contributed by atoms with Crippen LogP contribution in [0.15, 0.2) is 42.5 Å². The molecule has 0 spiro atoms. The summed E-state index contributed by atoms with van der Waals surface area (Å²) in [5.41, 5.74) is 1.74. The number of nitrogens with one attached hydrogen (secondary N) is 1. The third-order valence-corrected chi connectivity index (χ3v) is 7.05. The summed E-state index contributed by atoms with van der Waals surface area (Å²) in [7, 11) is 9.97. The number of amides is 1. The highest BCUT2D eigenvalue weighted by molar-refractivity contribution is 5.79. The third kappa shape index (κ3) is 12.4. The second-order valence-electron chi connectivity index (χ2n) is 11.5. The molecule has 0 aliphatic heterocycles. The largest absolute Gasteiger partial charge is 0.497 e. The Balaban J connectivity index is 1.94. The number of Topliss-reactive ketones (excluding diaryl/α,β-unsaturated/α-hetero) is 1. The molecule has 0 fully saturated rings. The Labute approximate surface area is 241 Å². The lowest BCUT2D eigenvalue weighted by molar-refractivity contribution is -0.870. The topological polar surface area (TPSA) is 73.9 Å². The van der Waals surface area contributed by atoms with Crippen LogP contribution in [0.1, 0.15) is 88.3 Å². The molecule has 1 atom stereocenters. The van der Waals surface area contributed by atoms with Gasteiger partial charge >= 0.3 is 0 Å². The first kappa shape index (κ1) is 33.1. The van der Waals surface area contributed by atoms with E-state index < -0.39 is 6.04 Å². The maximum Gasteiger partial charge on any atom is 0.220 e. The predicted octanol–water partition coefficient (Wildman–Crippen LogP) is 6.48. The fraction of sp³-hybridized carbons (Fsp3) is 0.576. The van der Waals surface area contributed by atoms with E-state index in [0.717, 1.165) is 28.5 Å². The van der Waals surface area contributed by atoms with Crippen molar-refractivity contribution < 1.29 is 28.3 Å². The lowest BCUT2D eigenvalue weighted by atomic mass is 9.97. The van der Waals surface area contributed by atoms with Gasteiger partial charge in [-0.15, -0.1) is 0 Å². The summed E-state index contributed by atoms with van der Waals surface area (Å²) in [6, 6.07) is 12.7. The second-order valence-corrected chi connectivity index (χ2v) is 11.5. The van der Waals surface area contributed by atoms with Crippen LogP contribution in [0.3, 0.4) is 0 Å². The number of unbranched alkanes of at least 4 members (excludes halogenated alkanes) is 7. The number of rotatable bonds is 20. The minimum absolute atomic E-state index is 0.0112. The Morgan fingerprint density at radius 3 is 1.98 bits per heavy atom. The molecular weight excluding hydrogens is 504 g/mol. The number of hydrogen-bond acceptors (Lipinski definition) is 5. The maximum absolute atomic E-state index is 13.0. The zero-order valence-corrected chi connectivity index (χ0v) is 25.6. The molecule has 0 saturated carbocycles. The molecule has 2 aromatic rings. The van der Waals surface area contributed by atoms with Gasteiger partial charge in [0.25, 0.3) is 0 Å². The fourth-order valence-corrected chi connectivity index (χ4v) is 4.59. The van der Waals surface area contributed by atoms with E-state index in [1.165, 1.54) is 45.1 Å². The van der Waals surface area contributed by atoms with Crippen molar-refractivity contribution >= 4 is 11.7 Å². The number of nitrogens with zero attached hydrogens (tertiary/aromatic N) is 1. The molecule has 2 rings (SSSR count). The van der Waals surface area contributed by atoms with Crippen LogP contribution in [0, 0.1) is 0 Å². The van der Waals surface area contributed by atoms with Gasteiger partial charge in [-0.1, -0.05) is 51.2 Å². The highest BCUT2D eigenvalue weighted by Gasteiger charge is 2.21. The molecule has 0 heterocycles. The number of hydrogen-bond donors (Lipinski definition) is 1. The molecule has 40 heavy (non-hydrogen) atoms. The predicted molar refractivity (Wildman–Crippen MR) is 161 cm³/mol. The summed E-state index contributed by atoms with van der Waals surface area (Å²) >= 11 is 0. The molecule has 1 N–H and O–H groups in total. The monoisotopic (exact) mass is 555 g/mol. The van der Waals surface area contributed by atoms with Gasteiger partial charge in [-0.05, 0) is 49.1 Å². The Morgan fingerprint density at radius 1 is 0.800 bits per heavy atom. The zero-order chi connectivity index (χ0) is 29.4. The Morgan fingerprint density at radius 2 is 1.40 bits per heavy atom. The van der Waals surface area contributed by atoms with Crippen LogP contribution < -0.4 is 19.5 Å². The number of ether oxygens (including phenoxy) is 3. The summed E-state index contributed by atoms with van der Waals surface area (Å²) in [4.78, 5) is 24.7. The summed E-state index contributed by atoms with van der Waals surface area (Å²) in [5.74, 6) is 2.00. The van der Waals surface area contributed by atoms with Gasteiger partial charge in [0.1, 0.15) is 23.9 Å². The Kier molecular flexibility index (Phi) is 14.6. The van der Waals surface area contributed by atoms with Gasteiger partial charge in [-0.3, -0.25) is 9.59 Å². The first-order valence-corrected chi connectivity index (χ1v) is 14.7. The van der Waals surface area contributed by atoms with Crippen molar-refractivity contribution in [1.29, 1.82) is 0 Å². The molecule has 0 saturated heterocycles. The zero-order valence-electron chi connectivity index (χ0n) is 25.6. The van der Waals surface area contributed by atoms with Crippen LogP contribution in [0.2, 0.25) is 0 Å². The molecule has 0 aromatic heterocycles. The summed E-state index contributed by atoms with van der Waals surface area (Å²) in [6.45, 7) is 3.11. The van der Waals surface area contributed by atoms with Crippen molar-refractivity contribution in [3.63, 3.8) is 0 Å². The summed E-state index contributed by atoms with van der Waals surface area (Å²) in [6.07, 6.45) is 10.4. The molecule has 7 nitrogen and oxygen atoms in total. The van der Waals surface area contributed by atoms with Crippen LogP contribution in [0.5, 0.6) is 17.2 Å². The standard InChI is InChI=1S/C33H50N2O5/c1-7-27(36)25-40-28-19-17-26(18-20-28)33(30-22-21-29(38-5)24-31(30)39-6)34-32(37)16-14-12-10-8-9-11-13-15-23-35(2,3)4/h17-22,24,33H,7-16,23,25H2,1-6H3/p+1. The molecule has 222 valence electrons. The van der Waals surface area contributed by atoms with E-state index in [4.69, 9.17) is 14.2 Å². The van der Waals surface area contributed by atoms with Crippen molar-refractivity contribution in [1.82, 2.24) is 5.32 Å². The highest BCUT2D eigenvalue weighted by atomic mass is 16.5. The van der Waals surface area contributed by atoms with Crippen LogP contribution in [-0.2, 0) is 9.59 Å². The fourth-order valence-electron chi connectivity index (χ4n) is 4.59. The molecule has 0 radical (unpaired) electrons. The van der Waals surface area contributed by atoms with Crippen LogP contribution >= 0.6 is 0 Å².